The standard InChI is InChI=1S/C37H41N5O4/c1-37(2,3)46-36(43)28-11-12-31-33(21-28)42(22-29-15-19-44-29)34(39-31)23-41-17-13-27(14-18-41)30-7-4-8-35(40-30)45-24-25-9-10-26-6-5-16-38-32(26)20-25/h4-12,16,20-21,27,29H,13-15,17-19,22-24H2,1-3H3. The molecule has 2 aromatic carbocycles. The van der Waals surface area contributed by atoms with Crippen molar-refractivity contribution in [2.45, 2.75) is 77.4 Å². The number of imidazole rings is 1. The van der Waals surface area contributed by atoms with Crippen LogP contribution in [0.3, 0.4) is 0 Å². The van der Waals surface area contributed by atoms with Crippen LogP contribution in [-0.4, -0.2) is 61.8 Å². The van der Waals surface area contributed by atoms with E-state index < -0.39 is 5.60 Å². The maximum Gasteiger partial charge on any atom is 0.338 e. The number of hydrogen-bond acceptors (Lipinski definition) is 8. The third-order valence-electron chi connectivity index (χ3n) is 8.81. The van der Waals surface area contributed by atoms with Crippen molar-refractivity contribution >= 4 is 27.9 Å². The van der Waals surface area contributed by atoms with Crippen molar-refractivity contribution in [1.29, 1.82) is 0 Å². The van der Waals surface area contributed by atoms with Gasteiger partial charge in [-0.2, -0.15) is 0 Å². The number of pyridine rings is 2. The van der Waals surface area contributed by atoms with Crippen LogP contribution < -0.4 is 4.74 Å². The Hall–Kier alpha value is -4.34. The number of fused-ring (bicyclic) bond motifs is 2. The van der Waals surface area contributed by atoms with E-state index in [0.717, 1.165) is 91.1 Å². The van der Waals surface area contributed by atoms with Crippen molar-refractivity contribution in [1.82, 2.24) is 24.4 Å². The van der Waals surface area contributed by atoms with E-state index in [4.69, 9.17) is 24.2 Å². The van der Waals surface area contributed by atoms with Crippen LogP contribution in [-0.2, 0) is 29.2 Å². The molecule has 0 aliphatic carbocycles. The van der Waals surface area contributed by atoms with Crippen LogP contribution >= 0.6 is 0 Å². The number of nitrogens with zero attached hydrogens (tertiary/aromatic N) is 5. The first-order valence-corrected chi connectivity index (χ1v) is 16.3. The second-order valence-electron chi connectivity index (χ2n) is 13.4. The van der Waals surface area contributed by atoms with Crippen LogP contribution in [0.2, 0.25) is 0 Å². The molecule has 1 atom stereocenters. The average molecular weight is 620 g/mol. The number of aromatic nitrogens is 4. The Labute approximate surface area is 269 Å². The monoisotopic (exact) mass is 619 g/mol. The van der Waals surface area contributed by atoms with Crippen LogP contribution in [0.1, 0.15) is 73.4 Å². The van der Waals surface area contributed by atoms with Crippen molar-refractivity contribution in [3.05, 3.63) is 95.6 Å². The first-order valence-electron chi connectivity index (χ1n) is 16.3. The Balaban J connectivity index is 1.00. The topological polar surface area (TPSA) is 91.6 Å². The summed E-state index contributed by atoms with van der Waals surface area (Å²) in [6.07, 6.45) is 5.05. The molecule has 0 radical (unpaired) electrons. The summed E-state index contributed by atoms with van der Waals surface area (Å²) in [7, 11) is 0. The highest BCUT2D eigenvalue weighted by Crippen LogP contribution is 2.30. The lowest BCUT2D eigenvalue weighted by atomic mass is 9.93. The number of hydrogen-bond donors (Lipinski definition) is 0. The van der Waals surface area contributed by atoms with Crippen LogP contribution in [0, 0.1) is 0 Å². The van der Waals surface area contributed by atoms with E-state index in [0.29, 0.717) is 24.0 Å². The molecule has 46 heavy (non-hydrogen) atoms. The Bertz CT molecular complexity index is 1850. The van der Waals surface area contributed by atoms with Gasteiger partial charge < -0.3 is 18.8 Å². The quantitative estimate of drug-likeness (QED) is 0.169. The number of ether oxygens (including phenoxy) is 3. The number of benzene rings is 2. The van der Waals surface area contributed by atoms with Crippen LogP contribution in [0.5, 0.6) is 5.88 Å². The van der Waals surface area contributed by atoms with Gasteiger partial charge in [-0.05, 0) is 95.1 Å². The molecular weight excluding hydrogens is 578 g/mol. The molecule has 3 aromatic heterocycles. The number of esters is 1. The SMILES string of the molecule is CC(C)(C)OC(=O)c1ccc2nc(CN3CCC(c4cccc(OCc5ccc6cccnc6c5)n4)CC3)n(CC3CCO3)c2c1. The predicted octanol–water partition coefficient (Wildman–Crippen LogP) is 6.68. The fourth-order valence-electron chi connectivity index (χ4n) is 6.28. The van der Waals surface area contributed by atoms with Crippen LogP contribution in [0.4, 0.5) is 0 Å². The molecule has 238 valence electrons. The van der Waals surface area contributed by atoms with Gasteiger partial charge in [0.1, 0.15) is 18.0 Å². The first kappa shape index (κ1) is 30.3. The molecule has 0 N–H and O–H groups in total. The lowest BCUT2D eigenvalue weighted by Crippen LogP contribution is -2.35. The number of rotatable bonds is 9. The van der Waals surface area contributed by atoms with E-state index >= 15 is 0 Å². The molecule has 0 amide bonds. The Kier molecular flexibility index (Phi) is 8.44. The average Bonchev–Trinajstić information content (AvgIpc) is 3.37. The van der Waals surface area contributed by atoms with Gasteiger partial charge in [0.15, 0.2) is 0 Å². The molecule has 9 heteroatoms. The highest BCUT2D eigenvalue weighted by molar-refractivity contribution is 5.94. The summed E-state index contributed by atoms with van der Waals surface area (Å²) in [5, 5.41) is 1.12. The fraction of sp³-hybridized carbons (Fsp3) is 0.405. The Morgan fingerprint density at radius 1 is 0.957 bits per heavy atom. The van der Waals surface area contributed by atoms with Gasteiger partial charge in [-0.1, -0.05) is 24.3 Å². The van der Waals surface area contributed by atoms with Crippen molar-refractivity contribution in [2.75, 3.05) is 19.7 Å². The molecule has 0 saturated carbocycles. The largest absolute Gasteiger partial charge is 0.473 e. The molecule has 0 spiro atoms. The van der Waals surface area contributed by atoms with Crippen molar-refractivity contribution in [3.63, 3.8) is 0 Å². The molecule has 1 unspecified atom stereocenters. The van der Waals surface area contributed by atoms with E-state index in [1.807, 2.05) is 63.4 Å². The van der Waals surface area contributed by atoms with Gasteiger partial charge >= 0.3 is 5.97 Å². The minimum atomic E-state index is -0.553. The van der Waals surface area contributed by atoms with Crippen molar-refractivity contribution in [3.8, 4) is 5.88 Å². The molecule has 2 fully saturated rings. The smallest absolute Gasteiger partial charge is 0.338 e. The van der Waals surface area contributed by atoms with Crippen molar-refractivity contribution < 1.29 is 19.0 Å². The first-order chi connectivity index (χ1) is 22.3. The van der Waals surface area contributed by atoms with E-state index in [-0.39, 0.29) is 12.1 Å². The third kappa shape index (κ3) is 6.90. The molecule has 7 rings (SSSR count). The van der Waals surface area contributed by atoms with Crippen LogP contribution in [0.25, 0.3) is 21.9 Å². The molecule has 2 aliphatic heterocycles. The van der Waals surface area contributed by atoms with Gasteiger partial charge in [0, 0.05) is 35.9 Å². The molecule has 2 aliphatic rings. The molecule has 9 nitrogen and oxygen atoms in total. The second-order valence-corrected chi connectivity index (χ2v) is 13.4. The summed E-state index contributed by atoms with van der Waals surface area (Å²) >= 11 is 0. The maximum absolute atomic E-state index is 12.8. The van der Waals surface area contributed by atoms with Gasteiger partial charge in [0.25, 0.3) is 0 Å². The maximum atomic E-state index is 12.8. The molecule has 0 bridgehead atoms. The number of likely N-dealkylation sites (tertiary alicyclic amines) is 1. The third-order valence-corrected chi connectivity index (χ3v) is 8.81. The normalized spacial score (nSPS) is 17.7. The minimum absolute atomic E-state index is 0.172. The molecular formula is C37H41N5O4. The van der Waals surface area contributed by atoms with E-state index in [2.05, 4.69) is 44.8 Å². The summed E-state index contributed by atoms with van der Waals surface area (Å²) in [4.78, 5) is 29.7. The summed E-state index contributed by atoms with van der Waals surface area (Å²) in [5.74, 6) is 1.71. The van der Waals surface area contributed by atoms with E-state index in [1.165, 1.54) is 0 Å². The number of carbonyl (C=O) groups excluding carboxylic acids is 1. The summed E-state index contributed by atoms with van der Waals surface area (Å²) in [6, 6.07) is 22.0. The highest BCUT2D eigenvalue weighted by atomic mass is 16.6. The Morgan fingerprint density at radius 2 is 1.80 bits per heavy atom. The van der Waals surface area contributed by atoms with Crippen molar-refractivity contribution in [2.24, 2.45) is 0 Å². The molecule has 5 heterocycles. The molecule has 2 saturated heterocycles. The zero-order chi connectivity index (χ0) is 31.7. The van der Waals surface area contributed by atoms with Crippen LogP contribution in [0.15, 0.2) is 72.9 Å². The highest BCUT2D eigenvalue weighted by Gasteiger charge is 2.27. The molecule has 5 aromatic rings. The fourth-order valence-corrected chi connectivity index (χ4v) is 6.28. The summed E-state index contributed by atoms with van der Waals surface area (Å²) < 4.78 is 19.8. The van der Waals surface area contributed by atoms with Gasteiger partial charge in [-0.15, -0.1) is 0 Å². The lowest BCUT2D eigenvalue weighted by molar-refractivity contribution is -0.0592. The van der Waals surface area contributed by atoms with E-state index in [1.54, 1.807) is 0 Å². The lowest BCUT2D eigenvalue weighted by Gasteiger charge is -2.32. The second kappa shape index (κ2) is 12.8. The predicted molar refractivity (Wildman–Crippen MR) is 177 cm³/mol. The van der Waals surface area contributed by atoms with E-state index in [9.17, 15) is 4.79 Å². The summed E-state index contributed by atoms with van der Waals surface area (Å²) in [6.45, 7) is 10.3. The number of carbonyl (C=O) groups is 1. The van der Waals surface area contributed by atoms with Gasteiger partial charge in [-0.3, -0.25) is 9.88 Å². The Morgan fingerprint density at radius 3 is 2.59 bits per heavy atom. The summed E-state index contributed by atoms with van der Waals surface area (Å²) in [5.41, 5.74) is 4.95. The zero-order valence-electron chi connectivity index (χ0n) is 26.8. The van der Waals surface area contributed by atoms with Gasteiger partial charge in [-0.25, -0.2) is 14.8 Å². The van der Waals surface area contributed by atoms with Gasteiger partial charge in [0.2, 0.25) is 5.88 Å². The number of piperidine rings is 1. The minimum Gasteiger partial charge on any atom is -0.473 e. The van der Waals surface area contributed by atoms with Gasteiger partial charge in [0.05, 0.1) is 41.3 Å². The zero-order valence-corrected chi connectivity index (χ0v) is 26.8.